The molecule has 0 unspecified atom stereocenters. The van der Waals surface area contributed by atoms with Gasteiger partial charge in [0.15, 0.2) is 0 Å². The van der Waals surface area contributed by atoms with Crippen molar-refractivity contribution in [3.8, 4) is 0 Å². The van der Waals surface area contributed by atoms with Crippen LogP contribution in [0.1, 0.15) is 25.7 Å². The molecule has 82 valence electrons. The lowest BCUT2D eigenvalue weighted by Gasteiger charge is -2.22. The fourth-order valence-corrected chi connectivity index (χ4v) is 2.65. The number of nitrogens with zero attached hydrogens (tertiary/aromatic N) is 2. The van der Waals surface area contributed by atoms with Crippen molar-refractivity contribution < 1.29 is 0 Å². The highest BCUT2D eigenvalue weighted by Crippen LogP contribution is 2.27. The third-order valence-electron chi connectivity index (χ3n) is 3.14. The summed E-state index contributed by atoms with van der Waals surface area (Å²) in [6.45, 7) is 1.16. The van der Waals surface area contributed by atoms with Gasteiger partial charge in [0.2, 0.25) is 0 Å². The molecule has 0 N–H and O–H groups in total. The van der Waals surface area contributed by atoms with E-state index in [1.165, 1.54) is 31.4 Å². The van der Waals surface area contributed by atoms with Crippen molar-refractivity contribution >= 4 is 21.6 Å². The van der Waals surface area contributed by atoms with Gasteiger partial charge in [-0.15, -0.1) is 0 Å². The van der Waals surface area contributed by atoms with E-state index in [1.54, 1.807) is 0 Å². The van der Waals surface area contributed by atoms with Gasteiger partial charge < -0.3 is 4.90 Å². The van der Waals surface area contributed by atoms with Gasteiger partial charge in [-0.05, 0) is 40.8 Å². The first-order valence-corrected chi connectivity index (χ1v) is 6.36. The smallest absolute Gasteiger partial charge is 0.0561 e. The SMILES string of the molecule is CN(CC1CCCC1)c1cncc(Br)c1. The zero-order valence-corrected chi connectivity index (χ0v) is 10.7. The van der Waals surface area contributed by atoms with Gasteiger partial charge in [0.05, 0.1) is 11.9 Å². The number of aromatic nitrogens is 1. The summed E-state index contributed by atoms with van der Waals surface area (Å²) in [4.78, 5) is 6.50. The zero-order chi connectivity index (χ0) is 10.7. The Morgan fingerprint density at radius 3 is 2.80 bits per heavy atom. The van der Waals surface area contributed by atoms with E-state index < -0.39 is 0 Å². The Bertz CT molecular complexity index is 321. The minimum atomic E-state index is 0.883. The number of hydrogen-bond acceptors (Lipinski definition) is 2. The van der Waals surface area contributed by atoms with Crippen LogP contribution in [0.4, 0.5) is 5.69 Å². The van der Waals surface area contributed by atoms with Gasteiger partial charge in [0, 0.05) is 24.3 Å². The lowest BCUT2D eigenvalue weighted by Crippen LogP contribution is -2.23. The maximum atomic E-state index is 4.19. The summed E-state index contributed by atoms with van der Waals surface area (Å²) in [6, 6.07) is 2.13. The Balaban J connectivity index is 1.97. The van der Waals surface area contributed by atoms with Crippen molar-refractivity contribution in [3.05, 3.63) is 22.9 Å². The summed E-state index contributed by atoms with van der Waals surface area (Å²) in [5.74, 6) is 0.883. The number of rotatable bonds is 3. The molecular weight excluding hydrogens is 252 g/mol. The molecule has 0 radical (unpaired) electrons. The molecular formula is C12H17BrN2. The molecule has 0 aliphatic heterocycles. The van der Waals surface area contributed by atoms with Gasteiger partial charge in [0.25, 0.3) is 0 Å². The minimum Gasteiger partial charge on any atom is -0.373 e. The predicted octanol–water partition coefficient (Wildman–Crippen LogP) is 3.47. The molecule has 1 aromatic rings. The highest BCUT2D eigenvalue weighted by atomic mass is 79.9. The predicted molar refractivity (Wildman–Crippen MR) is 67.2 cm³/mol. The summed E-state index contributed by atoms with van der Waals surface area (Å²) in [5.41, 5.74) is 1.20. The van der Waals surface area contributed by atoms with Crippen molar-refractivity contribution in [1.29, 1.82) is 0 Å². The van der Waals surface area contributed by atoms with Gasteiger partial charge in [-0.2, -0.15) is 0 Å². The minimum absolute atomic E-state index is 0.883. The van der Waals surface area contributed by atoms with Gasteiger partial charge in [-0.25, -0.2) is 0 Å². The van der Waals surface area contributed by atoms with Crippen molar-refractivity contribution in [2.45, 2.75) is 25.7 Å². The van der Waals surface area contributed by atoms with Crippen LogP contribution in [0.5, 0.6) is 0 Å². The molecule has 1 fully saturated rings. The molecule has 3 heteroatoms. The third-order valence-corrected chi connectivity index (χ3v) is 3.57. The maximum Gasteiger partial charge on any atom is 0.0561 e. The van der Waals surface area contributed by atoms with Crippen LogP contribution in [0.25, 0.3) is 0 Å². The highest BCUT2D eigenvalue weighted by Gasteiger charge is 2.17. The average Bonchev–Trinajstić information content (AvgIpc) is 2.70. The molecule has 0 spiro atoms. The van der Waals surface area contributed by atoms with E-state index >= 15 is 0 Å². The first kappa shape index (κ1) is 10.9. The standard InChI is InChI=1S/C12H17BrN2/c1-15(9-10-4-2-3-5-10)12-6-11(13)7-14-8-12/h6-8,10H,2-5,9H2,1H3. The van der Waals surface area contributed by atoms with E-state index in [4.69, 9.17) is 0 Å². The quantitative estimate of drug-likeness (QED) is 0.835. The Morgan fingerprint density at radius 1 is 1.40 bits per heavy atom. The summed E-state index contributed by atoms with van der Waals surface area (Å²) in [7, 11) is 2.15. The van der Waals surface area contributed by atoms with Crippen LogP contribution in [0.3, 0.4) is 0 Å². The van der Waals surface area contributed by atoms with Crippen LogP contribution in [0, 0.1) is 5.92 Å². The largest absolute Gasteiger partial charge is 0.373 e. The molecule has 0 aromatic carbocycles. The molecule has 2 rings (SSSR count). The molecule has 1 aliphatic carbocycles. The zero-order valence-electron chi connectivity index (χ0n) is 9.12. The monoisotopic (exact) mass is 268 g/mol. The molecule has 1 saturated carbocycles. The molecule has 1 aromatic heterocycles. The van der Waals surface area contributed by atoms with Crippen molar-refractivity contribution in [2.75, 3.05) is 18.5 Å². The highest BCUT2D eigenvalue weighted by molar-refractivity contribution is 9.10. The lowest BCUT2D eigenvalue weighted by molar-refractivity contribution is 0.547. The van der Waals surface area contributed by atoms with E-state index in [2.05, 4.69) is 38.9 Å². The van der Waals surface area contributed by atoms with Crippen molar-refractivity contribution in [1.82, 2.24) is 4.98 Å². The fourth-order valence-electron chi connectivity index (χ4n) is 2.30. The van der Waals surface area contributed by atoms with Crippen LogP contribution in [-0.2, 0) is 0 Å². The van der Waals surface area contributed by atoms with Crippen LogP contribution in [-0.4, -0.2) is 18.6 Å². The fraction of sp³-hybridized carbons (Fsp3) is 0.583. The molecule has 1 aliphatic rings. The Morgan fingerprint density at radius 2 is 2.13 bits per heavy atom. The Kier molecular flexibility index (Phi) is 3.62. The van der Waals surface area contributed by atoms with Gasteiger partial charge in [0.1, 0.15) is 0 Å². The number of hydrogen-bond donors (Lipinski definition) is 0. The van der Waals surface area contributed by atoms with Crippen molar-refractivity contribution in [3.63, 3.8) is 0 Å². The molecule has 15 heavy (non-hydrogen) atoms. The van der Waals surface area contributed by atoms with Crippen LogP contribution >= 0.6 is 15.9 Å². The molecule has 1 heterocycles. The second kappa shape index (κ2) is 4.97. The van der Waals surface area contributed by atoms with Gasteiger partial charge >= 0.3 is 0 Å². The molecule has 0 atom stereocenters. The first-order chi connectivity index (χ1) is 7.25. The normalized spacial score (nSPS) is 16.9. The lowest BCUT2D eigenvalue weighted by atomic mass is 10.1. The van der Waals surface area contributed by atoms with E-state index in [0.29, 0.717) is 0 Å². The van der Waals surface area contributed by atoms with Gasteiger partial charge in [-0.1, -0.05) is 12.8 Å². The van der Waals surface area contributed by atoms with Crippen LogP contribution < -0.4 is 4.90 Å². The molecule has 0 bridgehead atoms. The number of pyridine rings is 1. The van der Waals surface area contributed by atoms with Crippen LogP contribution in [0.2, 0.25) is 0 Å². The maximum absolute atomic E-state index is 4.19. The summed E-state index contributed by atoms with van der Waals surface area (Å²) in [6.07, 6.45) is 9.37. The van der Waals surface area contributed by atoms with Crippen LogP contribution in [0.15, 0.2) is 22.9 Å². The first-order valence-electron chi connectivity index (χ1n) is 5.57. The topological polar surface area (TPSA) is 16.1 Å². The second-order valence-corrected chi connectivity index (χ2v) is 5.31. The van der Waals surface area contributed by atoms with Gasteiger partial charge in [-0.3, -0.25) is 4.98 Å². The van der Waals surface area contributed by atoms with E-state index in [1.807, 2.05) is 12.4 Å². The van der Waals surface area contributed by atoms with E-state index in [9.17, 15) is 0 Å². The number of anilines is 1. The summed E-state index contributed by atoms with van der Waals surface area (Å²) >= 11 is 3.45. The molecule has 0 amide bonds. The van der Waals surface area contributed by atoms with E-state index in [-0.39, 0.29) is 0 Å². The summed E-state index contributed by atoms with van der Waals surface area (Å²) in [5, 5.41) is 0. The third kappa shape index (κ3) is 2.94. The summed E-state index contributed by atoms with van der Waals surface area (Å²) < 4.78 is 1.05. The average molecular weight is 269 g/mol. The number of halogens is 1. The molecule has 2 nitrogen and oxygen atoms in total. The van der Waals surface area contributed by atoms with Crippen molar-refractivity contribution in [2.24, 2.45) is 5.92 Å². The Labute approximate surface area is 99.8 Å². The van der Waals surface area contributed by atoms with E-state index in [0.717, 1.165) is 16.9 Å². The second-order valence-electron chi connectivity index (χ2n) is 4.39. The molecule has 0 saturated heterocycles. The Hall–Kier alpha value is -0.570.